The molecule has 150 valence electrons. The van der Waals surface area contributed by atoms with Gasteiger partial charge in [0.1, 0.15) is 0 Å². The molecule has 6 nitrogen and oxygen atoms in total. The quantitative estimate of drug-likeness (QED) is 0.381. The van der Waals surface area contributed by atoms with Crippen molar-refractivity contribution in [2.45, 2.75) is 0 Å². The zero-order valence-electron chi connectivity index (χ0n) is 16.8. The van der Waals surface area contributed by atoms with Gasteiger partial charge in [-0.05, 0) is 40.8 Å². The topological polar surface area (TPSA) is 95.8 Å². The summed E-state index contributed by atoms with van der Waals surface area (Å²) in [5.41, 5.74) is 15.3. The summed E-state index contributed by atoms with van der Waals surface area (Å²) < 4.78 is 10.9. The van der Waals surface area contributed by atoms with Crippen molar-refractivity contribution >= 4 is 22.5 Å². The number of fused-ring (bicyclic) bond motifs is 1. The molecule has 0 saturated heterocycles. The van der Waals surface area contributed by atoms with Crippen molar-refractivity contribution < 1.29 is 9.47 Å². The van der Waals surface area contributed by atoms with Gasteiger partial charge in [-0.2, -0.15) is 4.99 Å². The first kappa shape index (κ1) is 19.3. The lowest BCUT2D eigenvalue weighted by Crippen LogP contribution is -2.22. The van der Waals surface area contributed by atoms with E-state index < -0.39 is 0 Å². The van der Waals surface area contributed by atoms with Gasteiger partial charge < -0.3 is 20.9 Å². The molecule has 1 heterocycles. The minimum atomic E-state index is -0.0613. The fourth-order valence-electron chi connectivity index (χ4n) is 3.41. The molecule has 4 rings (SSSR count). The monoisotopic (exact) mass is 398 g/mol. The molecule has 0 saturated carbocycles. The van der Waals surface area contributed by atoms with Gasteiger partial charge in [0.15, 0.2) is 23.3 Å². The molecule has 6 heteroatoms. The van der Waals surface area contributed by atoms with Crippen molar-refractivity contribution in [3.63, 3.8) is 0 Å². The highest BCUT2D eigenvalue weighted by molar-refractivity contribution is 5.97. The van der Waals surface area contributed by atoms with E-state index in [1.807, 2.05) is 48.5 Å². The lowest BCUT2D eigenvalue weighted by molar-refractivity contribution is 0.356. The molecule has 0 aliphatic heterocycles. The van der Waals surface area contributed by atoms with Crippen LogP contribution in [0.4, 0.5) is 5.82 Å². The third-order valence-electron chi connectivity index (χ3n) is 4.82. The van der Waals surface area contributed by atoms with Crippen LogP contribution >= 0.6 is 0 Å². The van der Waals surface area contributed by atoms with Gasteiger partial charge in [0.25, 0.3) is 0 Å². The molecular formula is C24H22N4O2. The number of hydrogen-bond donors (Lipinski definition) is 2. The maximum atomic E-state index is 5.66. The minimum absolute atomic E-state index is 0.0613. The average molecular weight is 398 g/mol. The van der Waals surface area contributed by atoms with Gasteiger partial charge in [-0.3, -0.25) is 0 Å². The molecule has 0 spiro atoms. The molecule has 0 bridgehead atoms. The van der Waals surface area contributed by atoms with Crippen LogP contribution < -0.4 is 20.9 Å². The smallest absolute Gasteiger partial charge is 0.192 e. The van der Waals surface area contributed by atoms with E-state index in [9.17, 15) is 0 Å². The Labute approximate surface area is 174 Å². The summed E-state index contributed by atoms with van der Waals surface area (Å²) in [6, 6.07) is 24.1. The number of rotatable bonds is 5. The van der Waals surface area contributed by atoms with E-state index in [0.717, 1.165) is 33.2 Å². The summed E-state index contributed by atoms with van der Waals surface area (Å²) in [4.78, 5) is 8.98. The molecular weight excluding hydrogens is 376 g/mol. The van der Waals surface area contributed by atoms with E-state index in [-0.39, 0.29) is 5.96 Å². The summed E-state index contributed by atoms with van der Waals surface area (Å²) in [5, 5.41) is 1.66. The van der Waals surface area contributed by atoms with Crippen LogP contribution in [0.5, 0.6) is 11.5 Å². The van der Waals surface area contributed by atoms with Crippen LogP contribution in [0.15, 0.2) is 77.8 Å². The van der Waals surface area contributed by atoms with E-state index in [1.165, 1.54) is 0 Å². The molecule has 0 radical (unpaired) electrons. The van der Waals surface area contributed by atoms with Crippen LogP contribution in [0.2, 0.25) is 0 Å². The highest BCUT2D eigenvalue weighted by atomic mass is 16.5. The molecule has 0 amide bonds. The van der Waals surface area contributed by atoms with Crippen molar-refractivity contribution in [2.24, 2.45) is 16.5 Å². The Kier molecular flexibility index (Phi) is 5.22. The number of nitrogens with zero attached hydrogens (tertiary/aromatic N) is 2. The highest BCUT2D eigenvalue weighted by Gasteiger charge is 2.13. The van der Waals surface area contributed by atoms with Gasteiger partial charge in [0, 0.05) is 10.9 Å². The van der Waals surface area contributed by atoms with E-state index >= 15 is 0 Å². The van der Waals surface area contributed by atoms with Crippen LogP contribution in [0.25, 0.3) is 33.2 Å². The normalized spacial score (nSPS) is 10.6. The molecule has 1 aromatic heterocycles. The summed E-state index contributed by atoms with van der Waals surface area (Å²) in [6.45, 7) is 0. The Morgan fingerprint density at radius 1 is 0.767 bits per heavy atom. The lowest BCUT2D eigenvalue weighted by atomic mass is 10.0. The van der Waals surface area contributed by atoms with Crippen molar-refractivity contribution in [3.8, 4) is 33.9 Å². The van der Waals surface area contributed by atoms with Gasteiger partial charge in [-0.25, -0.2) is 4.98 Å². The van der Waals surface area contributed by atoms with Crippen molar-refractivity contribution in [1.82, 2.24) is 4.98 Å². The predicted molar refractivity (Wildman–Crippen MR) is 121 cm³/mol. The van der Waals surface area contributed by atoms with Gasteiger partial charge in [0.2, 0.25) is 0 Å². The fourth-order valence-corrected chi connectivity index (χ4v) is 3.41. The molecule has 4 N–H and O–H groups in total. The number of ether oxygens (including phenoxy) is 2. The number of pyridine rings is 1. The number of guanidine groups is 1. The average Bonchev–Trinajstić information content (AvgIpc) is 2.78. The highest BCUT2D eigenvalue weighted by Crippen LogP contribution is 2.38. The SMILES string of the molecule is COc1cc2cc(-c3cccc(-c4ccccc4)c3)nc(N=C(N)N)c2cc1OC. The van der Waals surface area contributed by atoms with Crippen LogP contribution in [0, 0.1) is 0 Å². The van der Waals surface area contributed by atoms with Crippen LogP contribution in [-0.4, -0.2) is 25.2 Å². The van der Waals surface area contributed by atoms with Gasteiger partial charge in [-0.15, -0.1) is 0 Å². The first-order valence-electron chi connectivity index (χ1n) is 9.41. The number of hydrogen-bond acceptors (Lipinski definition) is 4. The molecule has 30 heavy (non-hydrogen) atoms. The molecule has 0 aliphatic carbocycles. The number of benzene rings is 3. The fraction of sp³-hybridized carbons (Fsp3) is 0.0833. The maximum absolute atomic E-state index is 5.66. The third-order valence-corrected chi connectivity index (χ3v) is 4.82. The largest absolute Gasteiger partial charge is 0.493 e. The second-order valence-corrected chi connectivity index (χ2v) is 6.74. The number of aromatic nitrogens is 1. The molecule has 0 aliphatic rings. The van der Waals surface area contributed by atoms with E-state index in [0.29, 0.717) is 17.3 Å². The maximum Gasteiger partial charge on any atom is 0.192 e. The van der Waals surface area contributed by atoms with Gasteiger partial charge >= 0.3 is 0 Å². The molecule has 3 aromatic carbocycles. The number of nitrogens with two attached hydrogens (primary N) is 2. The van der Waals surface area contributed by atoms with Crippen LogP contribution in [0.1, 0.15) is 0 Å². The summed E-state index contributed by atoms with van der Waals surface area (Å²) in [7, 11) is 3.19. The Morgan fingerprint density at radius 3 is 2.13 bits per heavy atom. The second kappa shape index (κ2) is 8.13. The Balaban J connectivity index is 1.92. The molecule has 4 aromatic rings. The predicted octanol–water partition coefficient (Wildman–Crippen LogP) is 4.49. The standard InChI is InChI=1S/C24H22N4O2/c1-29-21-13-18-12-20(27-23(28-24(25)26)19(18)14-22(21)30-2)17-10-6-9-16(11-17)15-7-4-3-5-8-15/h3-14H,1-2H3,(H4,25,26,27,28). The summed E-state index contributed by atoms with van der Waals surface area (Å²) >= 11 is 0. The van der Waals surface area contributed by atoms with E-state index in [4.69, 9.17) is 25.9 Å². The Bertz CT molecular complexity index is 1230. The first-order valence-corrected chi connectivity index (χ1v) is 9.41. The number of methoxy groups -OCH3 is 2. The first-order chi connectivity index (χ1) is 14.6. The summed E-state index contributed by atoms with van der Waals surface area (Å²) in [6.07, 6.45) is 0. The van der Waals surface area contributed by atoms with E-state index in [1.54, 1.807) is 14.2 Å². The zero-order valence-corrected chi connectivity index (χ0v) is 16.8. The van der Waals surface area contributed by atoms with Crippen molar-refractivity contribution in [2.75, 3.05) is 14.2 Å². The zero-order chi connectivity index (χ0) is 21.1. The Morgan fingerprint density at radius 2 is 1.43 bits per heavy atom. The van der Waals surface area contributed by atoms with E-state index in [2.05, 4.69) is 29.3 Å². The lowest BCUT2D eigenvalue weighted by Gasteiger charge is -2.12. The third kappa shape index (κ3) is 3.75. The van der Waals surface area contributed by atoms with Gasteiger partial charge in [-0.1, -0.05) is 48.5 Å². The van der Waals surface area contributed by atoms with Gasteiger partial charge in [0.05, 0.1) is 19.9 Å². The minimum Gasteiger partial charge on any atom is -0.493 e. The number of aliphatic imine (C=N–C) groups is 1. The molecule has 0 atom stereocenters. The van der Waals surface area contributed by atoms with Crippen LogP contribution in [0.3, 0.4) is 0 Å². The Hall–Kier alpha value is -4.06. The van der Waals surface area contributed by atoms with Crippen molar-refractivity contribution in [1.29, 1.82) is 0 Å². The second-order valence-electron chi connectivity index (χ2n) is 6.74. The summed E-state index contributed by atoms with van der Waals surface area (Å²) in [5.74, 6) is 1.57. The van der Waals surface area contributed by atoms with Crippen LogP contribution in [-0.2, 0) is 0 Å². The molecule has 0 unspecified atom stereocenters. The molecule has 0 fully saturated rings. The van der Waals surface area contributed by atoms with Crippen molar-refractivity contribution in [3.05, 3.63) is 72.8 Å².